The van der Waals surface area contributed by atoms with Crippen molar-refractivity contribution in [3.05, 3.63) is 53.3 Å². The molecule has 1 fully saturated rings. The van der Waals surface area contributed by atoms with E-state index in [2.05, 4.69) is 4.57 Å². The lowest BCUT2D eigenvalue weighted by molar-refractivity contribution is 0.0236. The van der Waals surface area contributed by atoms with Crippen molar-refractivity contribution in [3.63, 3.8) is 0 Å². The topological polar surface area (TPSA) is 48.7 Å². The van der Waals surface area contributed by atoms with E-state index in [1.54, 1.807) is 4.90 Å². The van der Waals surface area contributed by atoms with Crippen LogP contribution in [-0.2, 0) is 0 Å². The van der Waals surface area contributed by atoms with Gasteiger partial charge in [-0.1, -0.05) is 18.2 Å². The van der Waals surface area contributed by atoms with E-state index in [0.717, 1.165) is 22.6 Å². The number of amides is 1. The van der Waals surface area contributed by atoms with E-state index in [1.165, 1.54) is 0 Å². The molecule has 1 aromatic heterocycles. The van der Waals surface area contributed by atoms with Crippen molar-refractivity contribution in [3.8, 4) is 5.69 Å². The molecule has 1 aliphatic rings. The van der Waals surface area contributed by atoms with Crippen LogP contribution in [0.25, 0.3) is 5.69 Å². The fourth-order valence-corrected chi connectivity index (χ4v) is 3.87. The van der Waals surface area contributed by atoms with Crippen LogP contribution >= 0.6 is 0 Å². The lowest BCUT2D eigenvalue weighted by atomic mass is 10.0. The second-order valence-electron chi connectivity index (χ2n) is 7.39. The summed E-state index contributed by atoms with van der Waals surface area (Å²) in [7, 11) is 3.88. The maximum Gasteiger partial charge on any atom is 0.255 e. The SMILES string of the molecule is Cc1cc(C(=O)N2CC[C@@](O)(CN(C)C)C2)c(C)n1-c1ccccc1. The van der Waals surface area contributed by atoms with Gasteiger partial charge in [-0.25, -0.2) is 0 Å². The Bertz CT molecular complexity index is 767. The molecule has 5 heteroatoms. The van der Waals surface area contributed by atoms with Crippen LogP contribution in [0.5, 0.6) is 0 Å². The number of para-hydroxylation sites is 1. The van der Waals surface area contributed by atoms with E-state index in [1.807, 2.05) is 69.2 Å². The highest BCUT2D eigenvalue weighted by molar-refractivity contribution is 5.96. The van der Waals surface area contributed by atoms with Crippen molar-refractivity contribution in [2.75, 3.05) is 33.7 Å². The molecule has 1 aromatic carbocycles. The zero-order valence-electron chi connectivity index (χ0n) is 15.5. The van der Waals surface area contributed by atoms with Crippen LogP contribution in [0, 0.1) is 13.8 Å². The summed E-state index contributed by atoms with van der Waals surface area (Å²) in [5.74, 6) is 0.00459. The molecule has 1 N–H and O–H groups in total. The number of carbonyl (C=O) groups excluding carboxylic acids is 1. The van der Waals surface area contributed by atoms with Gasteiger partial charge in [0.05, 0.1) is 17.7 Å². The molecule has 1 aliphatic heterocycles. The molecule has 134 valence electrons. The molecule has 0 bridgehead atoms. The summed E-state index contributed by atoms with van der Waals surface area (Å²) in [5, 5.41) is 10.7. The van der Waals surface area contributed by atoms with E-state index in [0.29, 0.717) is 26.1 Å². The molecule has 2 aromatic rings. The van der Waals surface area contributed by atoms with Crippen LogP contribution in [0.3, 0.4) is 0 Å². The van der Waals surface area contributed by atoms with Crippen molar-refractivity contribution < 1.29 is 9.90 Å². The van der Waals surface area contributed by atoms with Gasteiger partial charge in [-0.2, -0.15) is 0 Å². The predicted octanol–water partition coefficient (Wildman–Crippen LogP) is 2.23. The van der Waals surface area contributed by atoms with Gasteiger partial charge < -0.3 is 19.5 Å². The van der Waals surface area contributed by atoms with Gasteiger partial charge in [0.2, 0.25) is 0 Å². The van der Waals surface area contributed by atoms with Gasteiger partial charge in [-0.15, -0.1) is 0 Å². The highest BCUT2D eigenvalue weighted by Gasteiger charge is 2.39. The number of likely N-dealkylation sites (tertiary alicyclic amines) is 1. The monoisotopic (exact) mass is 341 g/mol. The molecule has 1 amide bonds. The summed E-state index contributed by atoms with van der Waals surface area (Å²) in [5.41, 5.74) is 2.94. The summed E-state index contributed by atoms with van der Waals surface area (Å²) in [6.45, 7) is 5.55. The lowest BCUT2D eigenvalue weighted by Gasteiger charge is -2.26. The van der Waals surface area contributed by atoms with Crippen LogP contribution in [0.4, 0.5) is 0 Å². The van der Waals surface area contributed by atoms with E-state index in [4.69, 9.17) is 0 Å². The standard InChI is InChI=1S/C20H27N3O2/c1-15-12-18(16(2)23(15)17-8-6-5-7-9-17)19(24)22-11-10-20(25,14-22)13-21(3)4/h5-9,12,25H,10-11,13-14H2,1-4H3/t20-/m1/s1. The van der Waals surface area contributed by atoms with Gasteiger partial charge in [0.1, 0.15) is 0 Å². The Labute approximate surface area is 149 Å². The smallest absolute Gasteiger partial charge is 0.255 e. The van der Waals surface area contributed by atoms with E-state index >= 15 is 0 Å². The number of rotatable bonds is 4. The number of likely N-dealkylation sites (N-methyl/N-ethyl adjacent to an activating group) is 1. The molecular weight excluding hydrogens is 314 g/mol. The molecule has 1 saturated heterocycles. The molecule has 0 aliphatic carbocycles. The zero-order valence-corrected chi connectivity index (χ0v) is 15.5. The van der Waals surface area contributed by atoms with Crippen LogP contribution < -0.4 is 0 Å². The van der Waals surface area contributed by atoms with Crippen molar-refractivity contribution in [2.45, 2.75) is 25.9 Å². The van der Waals surface area contributed by atoms with Crippen LogP contribution in [0.15, 0.2) is 36.4 Å². The first kappa shape index (κ1) is 17.7. The predicted molar refractivity (Wildman–Crippen MR) is 99.3 cm³/mol. The number of aryl methyl sites for hydroxylation is 1. The van der Waals surface area contributed by atoms with Crippen molar-refractivity contribution in [1.29, 1.82) is 0 Å². The summed E-state index contributed by atoms with van der Waals surface area (Å²) >= 11 is 0. The maximum absolute atomic E-state index is 13.0. The number of nitrogens with zero attached hydrogens (tertiary/aromatic N) is 3. The summed E-state index contributed by atoms with van der Waals surface area (Å²) in [4.78, 5) is 16.8. The fraction of sp³-hybridized carbons (Fsp3) is 0.450. The Morgan fingerprint density at radius 2 is 1.92 bits per heavy atom. The number of hydrogen-bond donors (Lipinski definition) is 1. The quantitative estimate of drug-likeness (QED) is 0.928. The molecule has 0 unspecified atom stereocenters. The number of aliphatic hydroxyl groups is 1. The minimum absolute atomic E-state index is 0.00459. The molecule has 0 radical (unpaired) electrons. The van der Waals surface area contributed by atoms with Crippen LogP contribution in [0.1, 0.15) is 28.2 Å². The Morgan fingerprint density at radius 1 is 1.24 bits per heavy atom. The molecule has 25 heavy (non-hydrogen) atoms. The van der Waals surface area contributed by atoms with Crippen molar-refractivity contribution in [1.82, 2.24) is 14.4 Å². The maximum atomic E-state index is 13.0. The largest absolute Gasteiger partial charge is 0.387 e. The minimum Gasteiger partial charge on any atom is -0.387 e. The van der Waals surface area contributed by atoms with E-state index < -0.39 is 5.60 Å². The zero-order chi connectivity index (χ0) is 18.2. The number of hydrogen-bond acceptors (Lipinski definition) is 3. The first-order valence-electron chi connectivity index (χ1n) is 8.71. The average Bonchev–Trinajstić information content (AvgIpc) is 3.07. The lowest BCUT2D eigenvalue weighted by Crippen LogP contribution is -2.43. The van der Waals surface area contributed by atoms with E-state index in [-0.39, 0.29) is 5.91 Å². The normalized spacial score (nSPS) is 20.5. The first-order chi connectivity index (χ1) is 11.8. The molecule has 0 spiro atoms. The van der Waals surface area contributed by atoms with Gasteiger partial charge in [-0.3, -0.25) is 4.79 Å². The molecule has 0 saturated carbocycles. The van der Waals surface area contributed by atoms with Gasteiger partial charge in [0, 0.05) is 30.2 Å². The summed E-state index contributed by atoms with van der Waals surface area (Å²) < 4.78 is 2.11. The summed E-state index contributed by atoms with van der Waals surface area (Å²) in [6.07, 6.45) is 0.619. The van der Waals surface area contributed by atoms with Gasteiger partial charge in [-0.05, 0) is 52.6 Å². The Morgan fingerprint density at radius 3 is 2.56 bits per heavy atom. The minimum atomic E-state index is -0.815. The molecular formula is C20H27N3O2. The summed E-state index contributed by atoms with van der Waals surface area (Å²) in [6, 6.07) is 12.0. The highest BCUT2D eigenvalue weighted by atomic mass is 16.3. The van der Waals surface area contributed by atoms with E-state index in [9.17, 15) is 9.90 Å². The fourth-order valence-electron chi connectivity index (χ4n) is 3.87. The molecule has 1 atom stereocenters. The van der Waals surface area contributed by atoms with Gasteiger partial charge in [0.15, 0.2) is 0 Å². The molecule has 5 nitrogen and oxygen atoms in total. The van der Waals surface area contributed by atoms with Gasteiger partial charge in [0.25, 0.3) is 5.91 Å². The second kappa shape index (κ2) is 6.65. The third kappa shape index (κ3) is 3.48. The van der Waals surface area contributed by atoms with Crippen LogP contribution in [0.2, 0.25) is 0 Å². The molecule has 3 rings (SSSR count). The number of β-amino-alcohol motifs (C(OH)–C–C–N with tert-alkyl or cyclic N) is 1. The Hall–Kier alpha value is -2.11. The first-order valence-corrected chi connectivity index (χ1v) is 8.71. The third-order valence-electron chi connectivity index (χ3n) is 4.91. The Balaban J connectivity index is 1.85. The third-order valence-corrected chi connectivity index (χ3v) is 4.91. The van der Waals surface area contributed by atoms with Crippen molar-refractivity contribution >= 4 is 5.91 Å². The van der Waals surface area contributed by atoms with Crippen molar-refractivity contribution in [2.24, 2.45) is 0 Å². The van der Waals surface area contributed by atoms with Crippen LogP contribution in [-0.4, -0.2) is 64.7 Å². The number of benzene rings is 1. The number of carbonyl (C=O) groups is 1. The average molecular weight is 341 g/mol. The highest BCUT2D eigenvalue weighted by Crippen LogP contribution is 2.27. The van der Waals surface area contributed by atoms with Gasteiger partial charge >= 0.3 is 0 Å². The second-order valence-corrected chi connectivity index (χ2v) is 7.39. The number of aromatic nitrogens is 1. The Kier molecular flexibility index (Phi) is 4.71. The molecule has 2 heterocycles.